The van der Waals surface area contributed by atoms with Crippen molar-refractivity contribution in [3.63, 3.8) is 0 Å². The average molecular weight is 328 g/mol. The van der Waals surface area contributed by atoms with Gasteiger partial charge in [-0.05, 0) is 49.9 Å². The van der Waals surface area contributed by atoms with Crippen molar-refractivity contribution in [2.24, 2.45) is 0 Å². The summed E-state index contributed by atoms with van der Waals surface area (Å²) in [6.07, 6.45) is 0. The highest BCUT2D eigenvalue weighted by atomic mass is 35.5. The molecule has 0 aromatic heterocycles. The Balaban J connectivity index is 2.11. The van der Waals surface area contributed by atoms with E-state index < -0.39 is 0 Å². The number of halogens is 3. The van der Waals surface area contributed by atoms with Gasteiger partial charge in [-0.15, -0.1) is 0 Å². The minimum absolute atomic E-state index is 0.0764. The lowest BCUT2D eigenvalue weighted by Gasteiger charge is -2.14. The van der Waals surface area contributed by atoms with Gasteiger partial charge in [0, 0.05) is 16.6 Å². The van der Waals surface area contributed by atoms with Crippen molar-refractivity contribution in [3.8, 4) is 5.75 Å². The van der Waals surface area contributed by atoms with E-state index in [4.69, 9.17) is 27.9 Å². The molecule has 0 radical (unpaired) electrons. The van der Waals surface area contributed by atoms with Crippen LogP contribution in [0.3, 0.4) is 0 Å². The Hall–Kier alpha value is -1.29. The van der Waals surface area contributed by atoms with Crippen molar-refractivity contribution < 1.29 is 9.13 Å². The maximum Gasteiger partial charge on any atom is 0.138 e. The molecule has 0 fully saturated rings. The molecule has 112 valence electrons. The van der Waals surface area contributed by atoms with Crippen LogP contribution in [0.15, 0.2) is 36.4 Å². The fourth-order valence-corrected chi connectivity index (χ4v) is 2.32. The predicted octanol–water partition coefficient (Wildman–Crippen LogP) is 4.99. The van der Waals surface area contributed by atoms with Crippen LogP contribution in [0.4, 0.5) is 4.39 Å². The maximum atomic E-state index is 13.6. The van der Waals surface area contributed by atoms with Crippen molar-refractivity contribution in [3.05, 3.63) is 63.4 Å². The summed E-state index contributed by atoms with van der Waals surface area (Å²) in [7, 11) is 1.88. The van der Waals surface area contributed by atoms with Gasteiger partial charge in [0.15, 0.2) is 0 Å². The normalized spacial score (nSPS) is 12.2. The minimum Gasteiger partial charge on any atom is -0.487 e. The summed E-state index contributed by atoms with van der Waals surface area (Å²) in [6, 6.07) is 10.1. The third-order valence-electron chi connectivity index (χ3n) is 3.28. The van der Waals surface area contributed by atoms with Crippen LogP contribution in [-0.4, -0.2) is 7.05 Å². The highest BCUT2D eigenvalue weighted by Crippen LogP contribution is 2.29. The number of hydrogen-bond acceptors (Lipinski definition) is 2. The number of nitrogens with one attached hydrogen (secondary N) is 1. The SMILES string of the molecule is CNC(C)c1ccc(OCc2cc(Cl)ccc2F)c(Cl)c1. The van der Waals surface area contributed by atoms with Crippen LogP contribution in [0.25, 0.3) is 0 Å². The molecule has 21 heavy (non-hydrogen) atoms. The van der Waals surface area contributed by atoms with Gasteiger partial charge in [0.1, 0.15) is 18.2 Å². The maximum absolute atomic E-state index is 13.6. The number of rotatable bonds is 5. The van der Waals surface area contributed by atoms with Crippen LogP contribution in [-0.2, 0) is 6.61 Å². The summed E-state index contributed by atoms with van der Waals surface area (Å²) in [5.74, 6) is 0.166. The summed E-state index contributed by atoms with van der Waals surface area (Å²) in [6.45, 7) is 2.11. The van der Waals surface area contributed by atoms with Gasteiger partial charge in [-0.1, -0.05) is 29.3 Å². The summed E-state index contributed by atoms with van der Waals surface area (Å²) < 4.78 is 19.2. The molecule has 0 aliphatic rings. The van der Waals surface area contributed by atoms with Crippen LogP contribution in [0.5, 0.6) is 5.75 Å². The first kappa shape index (κ1) is 16.1. The second-order valence-corrected chi connectivity index (χ2v) is 5.57. The lowest BCUT2D eigenvalue weighted by molar-refractivity contribution is 0.300. The number of ether oxygens (including phenoxy) is 1. The van der Waals surface area contributed by atoms with Gasteiger partial charge in [-0.25, -0.2) is 4.39 Å². The van der Waals surface area contributed by atoms with Gasteiger partial charge in [-0.3, -0.25) is 0 Å². The molecule has 0 saturated heterocycles. The molecule has 0 bridgehead atoms. The monoisotopic (exact) mass is 327 g/mol. The van der Waals surface area contributed by atoms with Crippen LogP contribution >= 0.6 is 23.2 Å². The van der Waals surface area contributed by atoms with E-state index in [1.165, 1.54) is 12.1 Å². The number of hydrogen-bond donors (Lipinski definition) is 1. The topological polar surface area (TPSA) is 21.3 Å². The van der Waals surface area contributed by atoms with E-state index in [0.29, 0.717) is 21.4 Å². The predicted molar refractivity (Wildman–Crippen MR) is 84.7 cm³/mol. The smallest absolute Gasteiger partial charge is 0.138 e. The van der Waals surface area contributed by atoms with E-state index in [-0.39, 0.29) is 18.5 Å². The van der Waals surface area contributed by atoms with Crippen LogP contribution in [0.1, 0.15) is 24.1 Å². The van der Waals surface area contributed by atoms with Crippen molar-refractivity contribution in [2.75, 3.05) is 7.05 Å². The van der Waals surface area contributed by atoms with Crippen molar-refractivity contribution >= 4 is 23.2 Å². The second-order valence-electron chi connectivity index (χ2n) is 4.72. The van der Waals surface area contributed by atoms with E-state index in [1.54, 1.807) is 12.1 Å². The Morgan fingerprint density at radius 2 is 1.95 bits per heavy atom. The fraction of sp³-hybridized carbons (Fsp3) is 0.250. The van der Waals surface area contributed by atoms with Crippen LogP contribution < -0.4 is 10.1 Å². The van der Waals surface area contributed by atoms with Gasteiger partial charge in [0.05, 0.1) is 5.02 Å². The van der Waals surface area contributed by atoms with Crippen LogP contribution in [0, 0.1) is 5.82 Å². The lowest BCUT2D eigenvalue weighted by atomic mass is 10.1. The molecule has 1 unspecified atom stereocenters. The quantitative estimate of drug-likeness (QED) is 0.835. The molecule has 0 heterocycles. The van der Waals surface area contributed by atoms with Crippen LogP contribution in [0.2, 0.25) is 10.0 Å². The molecular formula is C16H16Cl2FNO. The molecule has 0 spiro atoms. The highest BCUT2D eigenvalue weighted by molar-refractivity contribution is 6.32. The van der Waals surface area contributed by atoms with E-state index in [2.05, 4.69) is 5.32 Å². The molecule has 2 aromatic carbocycles. The van der Waals surface area contributed by atoms with Gasteiger partial charge in [0.2, 0.25) is 0 Å². The first-order valence-corrected chi connectivity index (χ1v) is 7.30. The van der Waals surface area contributed by atoms with E-state index in [0.717, 1.165) is 5.56 Å². The first-order valence-electron chi connectivity index (χ1n) is 6.54. The Morgan fingerprint density at radius 3 is 2.62 bits per heavy atom. The van der Waals surface area contributed by atoms with E-state index in [1.807, 2.05) is 26.1 Å². The Kier molecular flexibility index (Phi) is 5.45. The Bertz CT molecular complexity index is 634. The summed E-state index contributed by atoms with van der Waals surface area (Å²) in [4.78, 5) is 0. The highest BCUT2D eigenvalue weighted by Gasteiger charge is 2.09. The van der Waals surface area contributed by atoms with E-state index in [9.17, 15) is 4.39 Å². The van der Waals surface area contributed by atoms with Gasteiger partial charge < -0.3 is 10.1 Å². The fourth-order valence-electron chi connectivity index (χ4n) is 1.88. The molecule has 2 aromatic rings. The zero-order chi connectivity index (χ0) is 15.4. The molecule has 0 aliphatic carbocycles. The molecule has 0 aliphatic heterocycles. The van der Waals surface area contributed by atoms with Gasteiger partial charge in [0.25, 0.3) is 0 Å². The second kappa shape index (κ2) is 7.12. The van der Waals surface area contributed by atoms with Gasteiger partial charge in [-0.2, -0.15) is 0 Å². The molecule has 0 saturated carbocycles. The lowest BCUT2D eigenvalue weighted by Crippen LogP contribution is -2.12. The molecule has 5 heteroatoms. The summed E-state index contributed by atoms with van der Waals surface area (Å²) in [5.41, 5.74) is 1.45. The third-order valence-corrected chi connectivity index (χ3v) is 3.81. The molecular weight excluding hydrogens is 312 g/mol. The van der Waals surface area contributed by atoms with E-state index >= 15 is 0 Å². The first-order chi connectivity index (χ1) is 10.0. The molecule has 1 N–H and O–H groups in total. The largest absolute Gasteiger partial charge is 0.487 e. The molecule has 1 atom stereocenters. The zero-order valence-electron chi connectivity index (χ0n) is 11.8. The minimum atomic E-state index is -0.351. The van der Waals surface area contributed by atoms with Gasteiger partial charge >= 0.3 is 0 Å². The summed E-state index contributed by atoms with van der Waals surface area (Å²) >= 11 is 12.0. The molecule has 2 nitrogen and oxygen atoms in total. The standard InChI is InChI=1S/C16H16Cl2FNO/c1-10(20-2)11-3-6-16(14(18)8-11)21-9-12-7-13(17)4-5-15(12)19/h3-8,10,20H,9H2,1-2H3. The van der Waals surface area contributed by atoms with Crippen molar-refractivity contribution in [2.45, 2.75) is 19.6 Å². The zero-order valence-corrected chi connectivity index (χ0v) is 13.3. The molecule has 2 rings (SSSR count). The Labute approximate surface area is 133 Å². The summed E-state index contributed by atoms with van der Waals surface area (Å²) in [5, 5.41) is 4.10. The number of benzene rings is 2. The average Bonchev–Trinajstić information content (AvgIpc) is 2.48. The Morgan fingerprint density at radius 1 is 1.19 bits per heavy atom. The third kappa shape index (κ3) is 4.10. The van der Waals surface area contributed by atoms with Crippen molar-refractivity contribution in [1.82, 2.24) is 5.32 Å². The molecule has 0 amide bonds. The van der Waals surface area contributed by atoms with Crippen molar-refractivity contribution in [1.29, 1.82) is 0 Å².